The molecule has 0 atom stereocenters. The van der Waals surface area contributed by atoms with Gasteiger partial charge in [-0.25, -0.2) is 10.8 Å². The predicted molar refractivity (Wildman–Crippen MR) is 162 cm³/mol. The van der Waals surface area contributed by atoms with Crippen LogP contribution >= 0.6 is 11.3 Å². The van der Waals surface area contributed by atoms with Gasteiger partial charge in [-0.05, 0) is 75.6 Å². The number of hydrogen-bond acceptors (Lipinski definition) is 8. The van der Waals surface area contributed by atoms with Crippen molar-refractivity contribution in [3.05, 3.63) is 75.4 Å². The number of anilines is 3. The van der Waals surface area contributed by atoms with Gasteiger partial charge < -0.3 is 21.3 Å². The van der Waals surface area contributed by atoms with Gasteiger partial charge in [0.1, 0.15) is 0 Å². The van der Waals surface area contributed by atoms with E-state index in [9.17, 15) is 22.8 Å². The molecule has 3 aromatic rings. The van der Waals surface area contributed by atoms with Crippen LogP contribution in [0.15, 0.2) is 42.7 Å². The van der Waals surface area contributed by atoms with E-state index in [4.69, 9.17) is 5.84 Å². The molecule has 0 bridgehead atoms. The summed E-state index contributed by atoms with van der Waals surface area (Å²) in [4.78, 5) is 29.4. The van der Waals surface area contributed by atoms with Crippen molar-refractivity contribution >= 4 is 45.4 Å². The number of halogens is 3. The largest absolute Gasteiger partial charge is 0.416 e. The maximum atomic E-state index is 13.9. The number of aromatic nitrogens is 1. The van der Waals surface area contributed by atoms with Gasteiger partial charge in [0, 0.05) is 49.7 Å². The van der Waals surface area contributed by atoms with Gasteiger partial charge in [0.05, 0.1) is 21.8 Å². The quantitative estimate of drug-likeness (QED) is 0.155. The molecule has 0 fully saturated rings. The number of rotatable bonds is 9. The van der Waals surface area contributed by atoms with Crippen LogP contribution in [0, 0.1) is 13.8 Å². The summed E-state index contributed by atoms with van der Waals surface area (Å²) in [6, 6.07) is 7.34. The molecule has 0 unspecified atom stereocenters. The van der Waals surface area contributed by atoms with E-state index in [1.807, 2.05) is 27.7 Å². The summed E-state index contributed by atoms with van der Waals surface area (Å²) in [5, 5.41) is 13.3. The first kappa shape index (κ1) is 32.6. The summed E-state index contributed by atoms with van der Waals surface area (Å²) < 4.78 is 41.6. The van der Waals surface area contributed by atoms with Gasteiger partial charge in [-0.15, -0.1) is 0 Å². The van der Waals surface area contributed by atoms with Crippen LogP contribution in [-0.2, 0) is 17.5 Å². The van der Waals surface area contributed by atoms with E-state index in [2.05, 4.69) is 26.3 Å². The van der Waals surface area contributed by atoms with Crippen molar-refractivity contribution in [2.45, 2.75) is 59.8 Å². The van der Waals surface area contributed by atoms with Crippen LogP contribution in [0.3, 0.4) is 0 Å². The molecule has 2 amide bonds. The molecule has 2 aromatic carbocycles. The molecule has 0 aliphatic carbocycles. The van der Waals surface area contributed by atoms with E-state index in [0.717, 1.165) is 11.6 Å². The summed E-state index contributed by atoms with van der Waals surface area (Å²) in [6.07, 6.45) is -1.39. The summed E-state index contributed by atoms with van der Waals surface area (Å²) >= 11 is 1.25. The number of hydrogen-bond donors (Lipinski definition) is 5. The van der Waals surface area contributed by atoms with Crippen molar-refractivity contribution < 1.29 is 22.8 Å². The SMILES string of the molecule is CN/C(=C\N(N)c1cc(C(=O)Nc2cc(CNC(C)(C)C)c(C)c(C(F)(F)F)c2)ccc1C)c1cnc(NC(C)=O)s1. The highest BCUT2D eigenvalue weighted by Crippen LogP contribution is 2.36. The number of thiazole rings is 1. The van der Waals surface area contributed by atoms with Crippen LogP contribution in [0.1, 0.15) is 65.2 Å². The second-order valence-electron chi connectivity index (χ2n) is 10.8. The zero-order valence-electron chi connectivity index (χ0n) is 24.6. The van der Waals surface area contributed by atoms with Crippen molar-refractivity contribution in [3.63, 3.8) is 0 Å². The van der Waals surface area contributed by atoms with Gasteiger partial charge in [-0.2, -0.15) is 13.2 Å². The van der Waals surface area contributed by atoms with Gasteiger partial charge in [0.25, 0.3) is 5.91 Å². The summed E-state index contributed by atoms with van der Waals surface area (Å²) in [6.45, 7) is 10.6. The zero-order valence-corrected chi connectivity index (χ0v) is 25.4. The fourth-order valence-electron chi connectivity index (χ4n) is 3.98. The van der Waals surface area contributed by atoms with E-state index in [1.165, 1.54) is 30.2 Å². The molecule has 3 rings (SSSR count). The Bertz CT molecular complexity index is 1490. The topological polar surface area (TPSA) is 124 Å². The molecule has 42 heavy (non-hydrogen) atoms. The lowest BCUT2D eigenvalue weighted by atomic mass is 9.99. The van der Waals surface area contributed by atoms with Crippen LogP contribution < -0.4 is 32.1 Å². The second kappa shape index (κ2) is 12.9. The standard InChI is InChI=1S/C29H36F3N7O2S/c1-16-8-9-19(11-24(16)39(33)15-23(34-7)25-14-35-27(42-25)37-18(3)40)26(41)38-21-10-20(13-36-28(4,5)6)17(2)22(12-21)29(30,31)32/h8-12,14-15,34,36H,13,33H2,1-7H3,(H,38,41)(H,35,37,40)/b23-15-. The number of hydrazine groups is 1. The minimum absolute atomic E-state index is 0.0351. The predicted octanol–water partition coefficient (Wildman–Crippen LogP) is 5.78. The first-order chi connectivity index (χ1) is 19.5. The number of nitrogens with two attached hydrogens (primary N) is 1. The number of aryl methyl sites for hydroxylation is 1. The average molecular weight is 604 g/mol. The van der Waals surface area contributed by atoms with Crippen LogP contribution in [0.4, 0.5) is 29.7 Å². The third-order valence-electron chi connectivity index (χ3n) is 6.23. The van der Waals surface area contributed by atoms with Crippen LogP contribution in [0.5, 0.6) is 0 Å². The smallest absolute Gasteiger partial charge is 0.386 e. The molecule has 0 spiro atoms. The lowest BCUT2D eigenvalue weighted by molar-refractivity contribution is -0.138. The van der Waals surface area contributed by atoms with Gasteiger partial charge >= 0.3 is 6.18 Å². The average Bonchev–Trinajstić information content (AvgIpc) is 3.33. The number of nitrogens with zero attached hydrogens (tertiary/aromatic N) is 2. The highest BCUT2D eigenvalue weighted by Gasteiger charge is 2.34. The van der Waals surface area contributed by atoms with Crippen molar-refractivity contribution in [2.24, 2.45) is 5.84 Å². The minimum Gasteiger partial charge on any atom is -0.386 e. The fraction of sp³-hybridized carbons (Fsp3) is 0.345. The molecule has 0 aliphatic heterocycles. The number of benzene rings is 2. The molecule has 1 heterocycles. The molecule has 1 aromatic heterocycles. The Hall–Kier alpha value is -3.94. The molecule has 0 saturated heterocycles. The van der Waals surface area contributed by atoms with E-state index in [0.29, 0.717) is 27.0 Å². The molecule has 0 radical (unpaired) electrons. The van der Waals surface area contributed by atoms with Gasteiger partial charge in [-0.1, -0.05) is 17.4 Å². The Balaban J connectivity index is 1.90. The summed E-state index contributed by atoms with van der Waals surface area (Å²) in [5.41, 5.74) is 1.52. The second-order valence-corrected chi connectivity index (χ2v) is 11.8. The maximum Gasteiger partial charge on any atom is 0.416 e. The number of amides is 2. The Kier molecular flexibility index (Phi) is 10.0. The van der Waals surface area contributed by atoms with Crippen molar-refractivity contribution in [1.82, 2.24) is 15.6 Å². The normalized spacial score (nSPS) is 12.2. The Morgan fingerprint density at radius 3 is 2.38 bits per heavy atom. The van der Waals surface area contributed by atoms with Gasteiger partial charge in [0.15, 0.2) is 5.13 Å². The Morgan fingerprint density at radius 1 is 1.10 bits per heavy atom. The fourth-order valence-corrected chi connectivity index (χ4v) is 4.86. The first-order valence-electron chi connectivity index (χ1n) is 13.0. The van der Waals surface area contributed by atoms with E-state index in [1.54, 1.807) is 43.7 Å². The molecule has 6 N–H and O–H groups in total. The van der Waals surface area contributed by atoms with Crippen molar-refractivity contribution in [3.8, 4) is 0 Å². The van der Waals surface area contributed by atoms with Crippen molar-refractivity contribution in [2.75, 3.05) is 22.7 Å². The van der Waals surface area contributed by atoms with E-state index >= 15 is 0 Å². The minimum atomic E-state index is -4.59. The Labute approximate surface area is 247 Å². The summed E-state index contributed by atoms with van der Waals surface area (Å²) in [5.74, 6) is 5.53. The number of nitrogens with one attached hydrogen (secondary N) is 4. The molecule has 0 saturated carbocycles. The molecule has 226 valence electrons. The molecular weight excluding hydrogens is 567 g/mol. The Morgan fingerprint density at radius 2 is 1.79 bits per heavy atom. The van der Waals surface area contributed by atoms with Crippen molar-refractivity contribution in [1.29, 1.82) is 0 Å². The molecule has 0 aliphatic rings. The van der Waals surface area contributed by atoms with E-state index < -0.39 is 17.6 Å². The number of carbonyl (C=O) groups is 2. The molecule has 9 nitrogen and oxygen atoms in total. The lowest BCUT2D eigenvalue weighted by Gasteiger charge is -2.23. The molecule has 13 heteroatoms. The van der Waals surface area contributed by atoms with Crippen LogP contribution in [-0.4, -0.2) is 29.4 Å². The lowest BCUT2D eigenvalue weighted by Crippen LogP contribution is -2.35. The van der Waals surface area contributed by atoms with Crippen LogP contribution in [0.2, 0.25) is 0 Å². The highest BCUT2D eigenvalue weighted by molar-refractivity contribution is 7.16. The highest BCUT2D eigenvalue weighted by atomic mass is 32.1. The first-order valence-corrected chi connectivity index (χ1v) is 13.8. The third-order valence-corrected chi connectivity index (χ3v) is 7.17. The molecular formula is C29H36F3N7O2S. The number of carbonyl (C=O) groups excluding carboxylic acids is 2. The van der Waals surface area contributed by atoms with E-state index in [-0.39, 0.29) is 34.8 Å². The summed E-state index contributed by atoms with van der Waals surface area (Å²) in [7, 11) is 1.70. The maximum absolute atomic E-state index is 13.9. The third kappa shape index (κ3) is 8.54. The van der Waals surface area contributed by atoms with Gasteiger partial charge in [0.2, 0.25) is 5.91 Å². The van der Waals surface area contributed by atoms with Gasteiger partial charge in [-0.3, -0.25) is 14.6 Å². The zero-order chi connectivity index (χ0) is 31.4. The number of alkyl halides is 3. The van der Waals surface area contributed by atoms with Crippen LogP contribution in [0.25, 0.3) is 5.70 Å². The monoisotopic (exact) mass is 603 g/mol.